The minimum absolute atomic E-state index is 0.0722. The van der Waals surface area contributed by atoms with Crippen molar-refractivity contribution in [3.05, 3.63) is 106 Å². The van der Waals surface area contributed by atoms with Crippen LogP contribution in [0.15, 0.2) is 78.9 Å². The van der Waals surface area contributed by atoms with Crippen LogP contribution in [0.4, 0.5) is 0 Å². The molecular weight excluding hydrogens is 488 g/mol. The number of benzene rings is 3. The smallest absolute Gasteiger partial charge is 0.243 e. The Labute approximate surface area is 224 Å². The molecule has 0 aliphatic heterocycles. The summed E-state index contributed by atoms with van der Waals surface area (Å²) >= 11 is 7.80. The standard InChI is InChI=1S/C30H35ClN2O2S/c1-22-13-15-24(16-14-22)20-36-21-28(34)33(19-25-11-8-12-26(31)17-25)27(29(35)32-30(2,3)4)18-23-9-6-5-7-10-23/h5-17,27H,18-21H2,1-4H3,(H,32,35). The van der Waals surface area contributed by atoms with Gasteiger partial charge in [0.05, 0.1) is 5.75 Å². The molecule has 0 fully saturated rings. The lowest BCUT2D eigenvalue weighted by molar-refractivity contribution is -0.140. The number of hydrogen-bond acceptors (Lipinski definition) is 3. The third-order valence-electron chi connectivity index (χ3n) is 5.63. The highest BCUT2D eigenvalue weighted by Gasteiger charge is 2.32. The predicted molar refractivity (Wildman–Crippen MR) is 151 cm³/mol. The Kier molecular flexibility index (Phi) is 10.0. The monoisotopic (exact) mass is 522 g/mol. The maximum atomic E-state index is 13.7. The Balaban J connectivity index is 1.86. The molecule has 6 heteroatoms. The summed E-state index contributed by atoms with van der Waals surface area (Å²) in [6.45, 7) is 8.21. The minimum Gasteiger partial charge on any atom is -0.350 e. The minimum atomic E-state index is -0.655. The second-order valence-electron chi connectivity index (χ2n) is 10.1. The quantitative estimate of drug-likeness (QED) is 0.333. The van der Waals surface area contributed by atoms with Crippen molar-refractivity contribution in [1.82, 2.24) is 10.2 Å². The van der Waals surface area contributed by atoms with Crippen LogP contribution < -0.4 is 5.32 Å². The lowest BCUT2D eigenvalue weighted by Crippen LogP contribution is -2.54. The van der Waals surface area contributed by atoms with Crippen LogP contribution in [-0.4, -0.2) is 34.0 Å². The first-order valence-electron chi connectivity index (χ1n) is 12.1. The largest absolute Gasteiger partial charge is 0.350 e. The van der Waals surface area contributed by atoms with Crippen LogP contribution in [0.25, 0.3) is 0 Å². The number of nitrogens with one attached hydrogen (secondary N) is 1. The van der Waals surface area contributed by atoms with Gasteiger partial charge in [-0.3, -0.25) is 9.59 Å². The van der Waals surface area contributed by atoms with Gasteiger partial charge in [-0.1, -0.05) is 83.9 Å². The SMILES string of the molecule is Cc1ccc(CSCC(=O)N(Cc2cccc(Cl)c2)C(Cc2ccccc2)C(=O)NC(C)(C)C)cc1. The van der Waals surface area contributed by atoms with Crippen molar-refractivity contribution in [3.63, 3.8) is 0 Å². The fraction of sp³-hybridized carbons (Fsp3) is 0.333. The molecule has 2 amide bonds. The normalized spacial score (nSPS) is 12.1. The lowest BCUT2D eigenvalue weighted by Gasteiger charge is -2.34. The summed E-state index contributed by atoms with van der Waals surface area (Å²) in [6, 6.07) is 25.0. The number of nitrogens with zero attached hydrogens (tertiary/aromatic N) is 1. The molecule has 1 atom stereocenters. The Morgan fingerprint density at radius 2 is 1.58 bits per heavy atom. The number of halogens is 1. The van der Waals surface area contributed by atoms with Crippen molar-refractivity contribution in [2.24, 2.45) is 0 Å². The molecule has 0 radical (unpaired) electrons. The first kappa shape index (κ1) is 27.8. The molecule has 36 heavy (non-hydrogen) atoms. The molecule has 0 bridgehead atoms. The van der Waals surface area contributed by atoms with E-state index in [0.29, 0.717) is 18.0 Å². The van der Waals surface area contributed by atoms with E-state index in [4.69, 9.17) is 11.6 Å². The lowest BCUT2D eigenvalue weighted by atomic mass is 10.0. The second-order valence-corrected chi connectivity index (χ2v) is 11.5. The van der Waals surface area contributed by atoms with Crippen molar-refractivity contribution in [2.75, 3.05) is 5.75 Å². The summed E-state index contributed by atoms with van der Waals surface area (Å²) in [5, 5.41) is 3.70. The van der Waals surface area contributed by atoms with Gasteiger partial charge in [-0.25, -0.2) is 0 Å². The maximum Gasteiger partial charge on any atom is 0.243 e. The van der Waals surface area contributed by atoms with Crippen LogP contribution in [0.1, 0.15) is 43.0 Å². The van der Waals surface area contributed by atoms with Gasteiger partial charge >= 0.3 is 0 Å². The molecule has 190 valence electrons. The number of rotatable bonds is 10. The molecule has 1 N–H and O–H groups in total. The van der Waals surface area contributed by atoms with Crippen molar-refractivity contribution in [3.8, 4) is 0 Å². The molecule has 0 saturated carbocycles. The molecule has 0 aromatic heterocycles. The first-order valence-corrected chi connectivity index (χ1v) is 13.7. The summed E-state index contributed by atoms with van der Waals surface area (Å²) < 4.78 is 0. The first-order chi connectivity index (χ1) is 17.1. The zero-order valence-corrected chi connectivity index (χ0v) is 23.0. The Morgan fingerprint density at radius 3 is 2.22 bits per heavy atom. The molecular formula is C30H35ClN2O2S. The van der Waals surface area contributed by atoms with Crippen LogP contribution >= 0.6 is 23.4 Å². The molecule has 0 spiro atoms. The molecule has 1 unspecified atom stereocenters. The molecule has 3 rings (SSSR count). The number of hydrogen-bond donors (Lipinski definition) is 1. The highest BCUT2D eigenvalue weighted by atomic mass is 35.5. The fourth-order valence-electron chi connectivity index (χ4n) is 3.86. The number of carbonyl (C=O) groups is 2. The van der Waals surface area contributed by atoms with Gasteiger partial charge in [0.1, 0.15) is 6.04 Å². The van der Waals surface area contributed by atoms with Gasteiger partial charge in [0.15, 0.2) is 0 Å². The summed E-state index contributed by atoms with van der Waals surface area (Å²) in [6.07, 6.45) is 0.428. The summed E-state index contributed by atoms with van der Waals surface area (Å²) in [7, 11) is 0. The van der Waals surface area contributed by atoms with Crippen LogP contribution in [-0.2, 0) is 28.3 Å². The molecule has 3 aromatic carbocycles. The van der Waals surface area contributed by atoms with Crippen LogP contribution in [0, 0.1) is 6.92 Å². The van der Waals surface area contributed by atoms with E-state index < -0.39 is 11.6 Å². The molecule has 3 aromatic rings. The van der Waals surface area contributed by atoms with E-state index in [2.05, 4.69) is 36.5 Å². The third kappa shape index (κ3) is 9.03. The van der Waals surface area contributed by atoms with Crippen molar-refractivity contribution in [1.29, 1.82) is 0 Å². The number of thioether (sulfide) groups is 1. The van der Waals surface area contributed by atoms with E-state index in [1.807, 2.05) is 75.4 Å². The van der Waals surface area contributed by atoms with Crippen molar-refractivity contribution < 1.29 is 9.59 Å². The highest BCUT2D eigenvalue weighted by Crippen LogP contribution is 2.20. The fourth-order valence-corrected chi connectivity index (χ4v) is 4.95. The number of aryl methyl sites for hydroxylation is 1. The molecule has 0 heterocycles. The maximum absolute atomic E-state index is 13.7. The Hall–Kier alpha value is -2.76. The van der Waals surface area contributed by atoms with Gasteiger partial charge < -0.3 is 10.2 Å². The van der Waals surface area contributed by atoms with Gasteiger partial charge in [0.25, 0.3) is 0 Å². The average Bonchev–Trinajstić information content (AvgIpc) is 2.82. The van der Waals surface area contributed by atoms with Gasteiger partial charge in [0.2, 0.25) is 11.8 Å². The predicted octanol–water partition coefficient (Wildman–Crippen LogP) is 6.44. The number of amides is 2. The van der Waals surface area contributed by atoms with E-state index in [0.717, 1.165) is 16.9 Å². The number of carbonyl (C=O) groups excluding carboxylic acids is 2. The Bertz CT molecular complexity index is 1140. The molecule has 0 aliphatic rings. The van der Waals surface area contributed by atoms with Crippen molar-refractivity contribution in [2.45, 2.75) is 58.0 Å². The zero-order valence-electron chi connectivity index (χ0n) is 21.5. The molecule has 0 aliphatic carbocycles. The molecule has 0 saturated heterocycles. The van der Waals surface area contributed by atoms with Gasteiger partial charge in [-0.05, 0) is 56.5 Å². The van der Waals surface area contributed by atoms with Crippen LogP contribution in [0.3, 0.4) is 0 Å². The van der Waals surface area contributed by atoms with E-state index >= 15 is 0 Å². The highest BCUT2D eigenvalue weighted by molar-refractivity contribution is 7.99. The molecule has 4 nitrogen and oxygen atoms in total. The second kappa shape index (κ2) is 13.0. The van der Waals surface area contributed by atoms with Gasteiger partial charge in [-0.2, -0.15) is 0 Å². The van der Waals surface area contributed by atoms with Crippen LogP contribution in [0.2, 0.25) is 5.02 Å². The van der Waals surface area contributed by atoms with Gasteiger partial charge in [-0.15, -0.1) is 11.8 Å². The van der Waals surface area contributed by atoms with E-state index in [9.17, 15) is 9.59 Å². The zero-order chi connectivity index (χ0) is 26.1. The van der Waals surface area contributed by atoms with Crippen LogP contribution in [0.5, 0.6) is 0 Å². The van der Waals surface area contributed by atoms with E-state index in [1.165, 1.54) is 11.1 Å². The summed E-state index contributed by atoms with van der Waals surface area (Å²) in [5.41, 5.74) is 3.85. The Morgan fingerprint density at radius 1 is 0.917 bits per heavy atom. The van der Waals surface area contributed by atoms with E-state index in [-0.39, 0.29) is 17.6 Å². The topological polar surface area (TPSA) is 49.4 Å². The van der Waals surface area contributed by atoms with E-state index in [1.54, 1.807) is 16.7 Å². The summed E-state index contributed by atoms with van der Waals surface area (Å²) in [4.78, 5) is 28.9. The van der Waals surface area contributed by atoms with Crippen molar-refractivity contribution >= 4 is 35.2 Å². The summed E-state index contributed by atoms with van der Waals surface area (Å²) in [5.74, 6) is 0.777. The third-order valence-corrected chi connectivity index (χ3v) is 6.85. The van der Waals surface area contributed by atoms with Gasteiger partial charge in [0, 0.05) is 29.3 Å². The average molecular weight is 523 g/mol.